The number of carbonyl (C=O) groups is 2. The highest BCUT2D eigenvalue weighted by Crippen LogP contribution is 2.71. The fourth-order valence-electron chi connectivity index (χ4n) is 7.55. The zero-order valence-corrected chi connectivity index (χ0v) is 17.3. The molecule has 5 aliphatic rings. The molecule has 1 saturated carbocycles. The van der Waals surface area contributed by atoms with Gasteiger partial charge in [0, 0.05) is 25.3 Å². The van der Waals surface area contributed by atoms with E-state index in [0.29, 0.717) is 13.0 Å². The molecule has 4 aliphatic heterocycles. The number of ether oxygens (including phenoxy) is 3. The molecule has 0 aromatic heterocycles. The highest BCUT2D eigenvalue weighted by Gasteiger charge is 2.85. The van der Waals surface area contributed by atoms with E-state index in [4.69, 9.17) is 14.2 Å². The second-order valence-electron chi connectivity index (χ2n) is 9.48. The molecule has 0 unspecified atom stereocenters. The van der Waals surface area contributed by atoms with Crippen LogP contribution in [0.3, 0.4) is 0 Å². The second-order valence-corrected chi connectivity index (χ2v) is 9.48. The molecule has 8 heteroatoms. The number of benzene rings is 1. The maximum absolute atomic E-state index is 13.5. The van der Waals surface area contributed by atoms with Crippen LogP contribution >= 0.6 is 0 Å². The van der Waals surface area contributed by atoms with Crippen LogP contribution < -0.4 is 4.90 Å². The van der Waals surface area contributed by atoms with Crippen molar-refractivity contribution in [1.29, 1.82) is 0 Å². The van der Waals surface area contributed by atoms with E-state index in [0.717, 1.165) is 11.3 Å². The van der Waals surface area contributed by atoms with Gasteiger partial charge in [0.15, 0.2) is 5.60 Å². The molecule has 3 saturated heterocycles. The average molecular weight is 414 g/mol. The highest BCUT2D eigenvalue weighted by molar-refractivity contribution is 5.89. The van der Waals surface area contributed by atoms with Crippen LogP contribution in [0.5, 0.6) is 0 Å². The number of likely N-dealkylation sites (N-methyl/N-ethyl adjacent to an activating group) is 1. The van der Waals surface area contributed by atoms with Gasteiger partial charge in [-0.3, -0.25) is 14.5 Å². The molecule has 160 valence electrons. The number of rotatable bonds is 3. The fraction of sp³-hybridized carbons (Fsp3) is 0.636. The Labute approximate surface area is 174 Å². The number of nitrogens with zero attached hydrogens (tertiary/aromatic N) is 2. The van der Waals surface area contributed by atoms with Gasteiger partial charge in [0.25, 0.3) is 0 Å². The van der Waals surface area contributed by atoms with Crippen LogP contribution in [-0.4, -0.2) is 72.8 Å². The van der Waals surface area contributed by atoms with Gasteiger partial charge in [-0.05, 0) is 32.0 Å². The zero-order chi connectivity index (χ0) is 21.1. The number of likely N-dealkylation sites (tertiary alicyclic amines) is 1. The number of carbonyl (C=O) groups excluding carboxylic acids is 2. The Kier molecular flexibility index (Phi) is 3.44. The number of fused-ring (bicyclic) bond motifs is 2. The van der Waals surface area contributed by atoms with Gasteiger partial charge in [0.2, 0.25) is 5.72 Å². The zero-order valence-electron chi connectivity index (χ0n) is 17.3. The molecular formula is C22H26N2O6. The molecule has 0 spiro atoms. The van der Waals surface area contributed by atoms with Crippen molar-refractivity contribution in [2.24, 2.45) is 11.8 Å². The van der Waals surface area contributed by atoms with Gasteiger partial charge >= 0.3 is 11.9 Å². The predicted octanol–water partition coefficient (Wildman–Crippen LogP) is 0.618. The summed E-state index contributed by atoms with van der Waals surface area (Å²) in [7, 11) is 3.58. The van der Waals surface area contributed by atoms with Crippen LogP contribution in [0.25, 0.3) is 0 Å². The first kappa shape index (κ1) is 18.6. The van der Waals surface area contributed by atoms with E-state index < -0.39 is 28.8 Å². The van der Waals surface area contributed by atoms with E-state index >= 15 is 0 Å². The van der Waals surface area contributed by atoms with E-state index in [9.17, 15) is 14.7 Å². The SMILES string of the molecule is COCN1c2ccccc2[C@]23CC(=O)O[C@]12[C@@H]1C[C@@H]2[C@H]3C(=O)O[C@]2([C@@H](C)O)CN1C. The van der Waals surface area contributed by atoms with Crippen molar-refractivity contribution in [3.63, 3.8) is 0 Å². The minimum Gasteiger partial charge on any atom is -0.454 e. The highest BCUT2D eigenvalue weighted by atomic mass is 16.6. The normalized spacial score (nSPS) is 44.3. The van der Waals surface area contributed by atoms with Crippen molar-refractivity contribution >= 4 is 17.6 Å². The lowest BCUT2D eigenvalue weighted by molar-refractivity contribution is -0.203. The summed E-state index contributed by atoms with van der Waals surface area (Å²) in [6.07, 6.45) is -0.101. The van der Waals surface area contributed by atoms with Gasteiger partial charge in [-0.1, -0.05) is 18.2 Å². The Morgan fingerprint density at radius 3 is 2.80 bits per heavy atom. The molecule has 30 heavy (non-hydrogen) atoms. The molecule has 1 N–H and O–H groups in total. The summed E-state index contributed by atoms with van der Waals surface area (Å²) in [5, 5.41) is 10.7. The van der Waals surface area contributed by atoms with Gasteiger partial charge in [-0.15, -0.1) is 0 Å². The number of para-hydroxylation sites is 1. The van der Waals surface area contributed by atoms with E-state index in [1.54, 1.807) is 14.0 Å². The molecule has 0 amide bonds. The number of hydrogen-bond acceptors (Lipinski definition) is 8. The smallest absolute Gasteiger partial charge is 0.311 e. The van der Waals surface area contributed by atoms with E-state index in [1.807, 2.05) is 36.2 Å². The van der Waals surface area contributed by atoms with Gasteiger partial charge in [0.05, 0.1) is 29.9 Å². The molecule has 4 fully saturated rings. The number of aliphatic hydroxyl groups excluding tert-OH is 1. The Balaban J connectivity index is 1.68. The predicted molar refractivity (Wildman–Crippen MR) is 104 cm³/mol. The van der Waals surface area contributed by atoms with E-state index in [-0.39, 0.29) is 37.0 Å². The standard InChI is InChI=1S/C22H26N2O6/c1-12(25)21-10-23(2)16-8-14(21)18(19(27)30-21)20-9-17(26)29-22(16,20)24(11-28-3)15-7-5-4-6-13(15)20/h4-7,12,14,16,18,25H,8-11H2,1-3H3/t12-,14-,16+,18+,20+,21+,22+/m1/s1. The topological polar surface area (TPSA) is 88.5 Å². The van der Waals surface area contributed by atoms with Crippen LogP contribution in [0.4, 0.5) is 5.69 Å². The van der Waals surface area contributed by atoms with Crippen molar-refractivity contribution < 1.29 is 28.9 Å². The largest absolute Gasteiger partial charge is 0.454 e. The maximum Gasteiger partial charge on any atom is 0.311 e. The molecule has 0 radical (unpaired) electrons. The van der Waals surface area contributed by atoms with Crippen molar-refractivity contribution in [2.45, 2.75) is 48.7 Å². The summed E-state index contributed by atoms with van der Waals surface area (Å²) in [6, 6.07) is 7.73. The van der Waals surface area contributed by atoms with Crippen LogP contribution in [0.2, 0.25) is 0 Å². The molecule has 7 atom stereocenters. The minimum absolute atomic E-state index is 0.112. The summed E-state index contributed by atoms with van der Waals surface area (Å²) in [6.45, 7) is 2.33. The average Bonchev–Trinajstić information content (AvgIpc) is 3.26. The molecule has 1 aromatic carbocycles. The van der Waals surface area contributed by atoms with Crippen LogP contribution in [0.15, 0.2) is 24.3 Å². The molecule has 8 nitrogen and oxygen atoms in total. The van der Waals surface area contributed by atoms with Gasteiger partial charge in [-0.25, -0.2) is 0 Å². The molecule has 1 aromatic rings. The van der Waals surface area contributed by atoms with Gasteiger partial charge in [0.1, 0.15) is 6.73 Å². The summed E-state index contributed by atoms with van der Waals surface area (Å²) < 4.78 is 17.8. The summed E-state index contributed by atoms with van der Waals surface area (Å²) >= 11 is 0. The number of hydrogen-bond donors (Lipinski definition) is 1. The molecule has 2 bridgehead atoms. The van der Waals surface area contributed by atoms with Crippen LogP contribution in [0.1, 0.15) is 25.3 Å². The quantitative estimate of drug-likeness (QED) is 0.721. The first-order valence-corrected chi connectivity index (χ1v) is 10.5. The second kappa shape index (κ2) is 5.55. The van der Waals surface area contributed by atoms with Crippen LogP contribution in [-0.2, 0) is 29.2 Å². The minimum atomic E-state index is -1.05. The first-order valence-electron chi connectivity index (χ1n) is 10.5. The Morgan fingerprint density at radius 1 is 1.30 bits per heavy atom. The van der Waals surface area contributed by atoms with Crippen molar-refractivity contribution in [3.05, 3.63) is 29.8 Å². The fourth-order valence-corrected chi connectivity index (χ4v) is 7.55. The Hall–Kier alpha value is -2.16. The first-order chi connectivity index (χ1) is 14.3. The lowest BCUT2D eigenvalue weighted by Gasteiger charge is -2.61. The Morgan fingerprint density at radius 2 is 2.07 bits per heavy atom. The number of aliphatic hydroxyl groups is 1. The third kappa shape index (κ3) is 1.70. The number of piperidine rings is 1. The maximum atomic E-state index is 13.5. The van der Waals surface area contributed by atoms with Gasteiger partial charge < -0.3 is 24.2 Å². The lowest BCUT2D eigenvalue weighted by Crippen LogP contribution is -2.78. The summed E-state index contributed by atoms with van der Waals surface area (Å²) in [5.41, 5.74) is -1.04. The third-order valence-electron chi connectivity index (χ3n) is 8.44. The summed E-state index contributed by atoms with van der Waals surface area (Å²) in [4.78, 5) is 30.6. The Bertz CT molecular complexity index is 967. The third-order valence-corrected chi connectivity index (χ3v) is 8.44. The molecule has 4 heterocycles. The van der Waals surface area contributed by atoms with Crippen molar-refractivity contribution in [1.82, 2.24) is 4.90 Å². The molecule has 6 rings (SSSR count). The van der Waals surface area contributed by atoms with Crippen molar-refractivity contribution in [3.8, 4) is 0 Å². The number of anilines is 1. The summed E-state index contributed by atoms with van der Waals surface area (Å²) in [5.74, 6) is -1.41. The van der Waals surface area contributed by atoms with Crippen LogP contribution in [0, 0.1) is 11.8 Å². The van der Waals surface area contributed by atoms with Crippen molar-refractivity contribution in [2.75, 3.05) is 32.3 Å². The lowest BCUT2D eigenvalue weighted by atomic mass is 9.50. The monoisotopic (exact) mass is 414 g/mol. The van der Waals surface area contributed by atoms with E-state index in [1.165, 1.54) is 0 Å². The van der Waals surface area contributed by atoms with E-state index in [2.05, 4.69) is 4.90 Å². The molecule has 1 aliphatic carbocycles. The number of esters is 2. The van der Waals surface area contributed by atoms with Gasteiger partial charge in [-0.2, -0.15) is 0 Å². The molecular weight excluding hydrogens is 388 g/mol. The number of methoxy groups -OCH3 is 1.